The van der Waals surface area contributed by atoms with E-state index >= 15 is 0 Å². The van der Waals surface area contributed by atoms with Gasteiger partial charge in [0.15, 0.2) is 0 Å². The maximum atomic E-state index is 12.1. The summed E-state index contributed by atoms with van der Waals surface area (Å²) in [6.45, 7) is 6.62. The highest BCUT2D eigenvalue weighted by atomic mass is 79.9. The highest BCUT2D eigenvalue weighted by Gasteiger charge is 2.20. The van der Waals surface area contributed by atoms with E-state index in [-0.39, 0.29) is 18.1 Å². The van der Waals surface area contributed by atoms with Gasteiger partial charge < -0.3 is 19.3 Å². The molecule has 1 fully saturated rings. The van der Waals surface area contributed by atoms with Gasteiger partial charge in [-0.05, 0) is 65.9 Å². The highest BCUT2D eigenvalue weighted by Crippen LogP contribution is 2.33. The Morgan fingerprint density at radius 1 is 0.897 bits per heavy atom. The van der Waals surface area contributed by atoms with Crippen molar-refractivity contribution in [2.45, 2.75) is 33.1 Å². The summed E-state index contributed by atoms with van der Waals surface area (Å²) >= 11 is 9.77. The second kappa shape index (κ2) is 13.6. The third-order valence-electron chi connectivity index (χ3n) is 6.55. The molecule has 7 nitrogen and oxygen atoms in total. The van der Waals surface area contributed by atoms with Crippen molar-refractivity contribution in [2.75, 3.05) is 26.2 Å². The number of likely N-dealkylation sites (tertiary alicyclic amines) is 1. The summed E-state index contributed by atoms with van der Waals surface area (Å²) in [6, 6.07) is 19.3. The Balaban J connectivity index is 0.000000181. The number of halogens is 2. The molecule has 39 heavy (non-hydrogen) atoms. The first-order valence-electron chi connectivity index (χ1n) is 13.1. The summed E-state index contributed by atoms with van der Waals surface area (Å²) in [4.78, 5) is 31.5. The molecular weight excluding hydrogens is 582 g/mol. The zero-order chi connectivity index (χ0) is 27.8. The minimum absolute atomic E-state index is 0.181. The summed E-state index contributed by atoms with van der Waals surface area (Å²) in [5.41, 5.74) is 0. The molecule has 5 rings (SSSR count). The average Bonchev–Trinajstić information content (AvgIpc) is 2.98. The zero-order valence-corrected chi connectivity index (χ0v) is 24.4. The standard InChI is InChI=1S/C15H16BrNO2.C15H15ClN2O2/c1-3-17(4-2)15(18)19-13-10-9-11-7-5-6-8-12(11)14(13)16;16-13-12-7-3-2-6-11(12)10-17-14(13)20-15(19)18-8-4-1-5-9-18/h5-10H,3-4H2,1-2H3;2-3,6-7,10H,1,4-5,8-9H2. The van der Waals surface area contributed by atoms with Crippen LogP contribution >= 0.6 is 27.5 Å². The van der Waals surface area contributed by atoms with E-state index in [4.69, 9.17) is 21.1 Å². The molecule has 9 heteroatoms. The van der Waals surface area contributed by atoms with Gasteiger partial charge in [-0.25, -0.2) is 14.6 Å². The van der Waals surface area contributed by atoms with Gasteiger partial charge in [-0.15, -0.1) is 0 Å². The number of aromatic nitrogens is 1. The molecule has 3 aromatic carbocycles. The smallest absolute Gasteiger partial charge is 0.409 e. The predicted molar refractivity (Wildman–Crippen MR) is 159 cm³/mol. The summed E-state index contributed by atoms with van der Waals surface area (Å²) < 4.78 is 11.6. The van der Waals surface area contributed by atoms with Crippen molar-refractivity contribution in [2.24, 2.45) is 0 Å². The van der Waals surface area contributed by atoms with Crippen LogP contribution in [0.2, 0.25) is 5.02 Å². The quantitative estimate of drug-likeness (QED) is 0.232. The molecule has 1 aromatic heterocycles. The van der Waals surface area contributed by atoms with Crippen LogP contribution in [0.1, 0.15) is 33.1 Å². The number of amides is 2. The maximum absolute atomic E-state index is 12.1. The highest BCUT2D eigenvalue weighted by molar-refractivity contribution is 9.10. The van der Waals surface area contributed by atoms with Gasteiger partial charge in [0.05, 0.1) is 4.47 Å². The lowest BCUT2D eigenvalue weighted by Gasteiger charge is -2.25. The molecule has 0 unspecified atom stereocenters. The SMILES string of the molecule is CCN(CC)C(=O)Oc1ccc2ccccc2c1Br.O=C(Oc1ncc2ccccc2c1Cl)N1CCCCC1. The van der Waals surface area contributed by atoms with E-state index in [9.17, 15) is 9.59 Å². The number of rotatable bonds is 4. The van der Waals surface area contributed by atoms with Crippen LogP contribution in [0, 0.1) is 0 Å². The van der Waals surface area contributed by atoms with Crippen molar-refractivity contribution in [3.05, 3.63) is 76.4 Å². The predicted octanol–water partition coefficient (Wildman–Crippen LogP) is 8.32. The van der Waals surface area contributed by atoms with Crippen LogP contribution in [0.5, 0.6) is 11.6 Å². The molecule has 1 saturated heterocycles. The molecule has 0 N–H and O–H groups in total. The van der Waals surface area contributed by atoms with Crippen molar-refractivity contribution in [3.8, 4) is 11.6 Å². The molecule has 204 valence electrons. The van der Waals surface area contributed by atoms with E-state index in [2.05, 4.69) is 20.9 Å². The third-order valence-corrected chi connectivity index (χ3v) is 7.73. The first-order chi connectivity index (χ1) is 18.9. The molecule has 2 heterocycles. The van der Waals surface area contributed by atoms with Crippen LogP contribution in [0.25, 0.3) is 21.5 Å². The van der Waals surface area contributed by atoms with Crippen molar-refractivity contribution in [3.63, 3.8) is 0 Å². The number of pyridine rings is 1. The molecule has 0 radical (unpaired) electrons. The first kappa shape index (κ1) is 28.6. The van der Waals surface area contributed by atoms with Gasteiger partial charge in [-0.1, -0.05) is 66.2 Å². The Morgan fingerprint density at radius 3 is 2.23 bits per heavy atom. The van der Waals surface area contributed by atoms with E-state index in [1.807, 2.05) is 74.5 Å². The fraction of sp³-hybridized carbons (Fsp3) is 0.300. The topological polar surface area (TPSA) is 72.0 Å². The van der Waals surface area contributed by atoms with E-state index in [1.165, 1.54) is 6.42 Å². The molecule has 1 aliphatic heterocycles. The van der Waals surface area contributed by atoms with Crippen LogP contribution in [0.4, 0.5) is 9.59 Å². The lowest BCUT2D eigenvalue weighted by Crippen LogP contribution is -2.37. The lowest BCUT2D eigenvalue weighted by atomic mass is 10.1. The molecule has 2 amide bonds. The van der Waals surface area contributed by atoms with E-state index < -0.39 is 0 Å². The van der Waals surface area contributed by atoms with Crippen molar-refractivity contribution in [1.29, 1.82) is 0 Å². The van der Waals surface area contributed by atoms with E-state index in [1.54, 1.807) is 16.0 Å². The number of fused-ring (bicyclic) bond motifs is 2. The number of ether oxygens (including phenoxy) is 2. The van der Waals surface area contributed by atoms with Gasteiger partial charge in [-0.2, -0.15) is 0 Å². The van der Waals surface area contributed by atoms with Crippen molar-refractivity contribution >= 4 is 61.3 Å². The van der Waals surface area contributed by atoms with Crippen LogP contribution in [0.3, 0.4) is 0 Å². The molecule has 0 aliphatic carbocycles. The maximum Gasteiger partial charge on any atom is 0.416 e. The fourth-order valence-corrected chi connectivity index (χ4v) is 5.17. The summed E-state index contributed by atoms with van der Waals surface area (Å²) in [7, 11) is 0. The Kier molecular flexibility index (Phi) is 10.0. The van der Waals surface area contributed by atoms with Crippen molar-refractivity contribution < 1.29 is 19.1 Å². The molecule has 1 aliphatic rings. The largest absolute Gasteiger partial charge is 0.416 e. The Bertz CT molecular complexity index is 1460. The fourth-order valence-electron chi connectivity index (χ4n) is 4.34. The number of nitrogens with zero attached hydrogens (tertiary/aromatic N) is 3. The molecule has 0 saturated carbocycles. The Hall–Kier alpha value is -3.36. The molecule has 4 aromatic rings. The van der Waals surface area contributed by atoms with Gasteiger partial charge in [0.1, 0.15) is 10.8 Å². The summed E-state index contributed by atoms with van der Waals surface area (Å²) in [6.07, 6.45) is 4.19. The molecule has 0 atom stereocenters. The van der Waals surface area contributed by atoms with Gasteiger partial charge in [0, 0.05) is 43.1 Å². The zero-order valence-electron chi connectivity index (χ0n) is 22.0. The second-order valence-electron chi connectivity index (χ2n) is 9.02. The summed E-state index contributed by atoms with van der Waals surface area (Å²) in [5, 5.41) is 4.29. The number of hydrogen-bond acceptors (Lipinski definition) is 5. The van der Waals surface area contributed by atoms with Crippen LogP contribution < -0.4 is 9.47 Å². The number of piperidine rings is 1. The van der Waals surface area contributed by atoms with Crippen molar-refractivity contribution in [1.82, 2.24) is 14.8 Å². The number of benzene rings is 3. The van der Waals surface area contributed by atoms with Crippen LogP contribution in [-0.2, 0) is 0 Å². The third kappa shape index (κ3) is 6.99. The number of carbonyl (C=O) groups excluding carboxylic acids is 2. The molecule has 0 bridgehead atoms. The normalized spacial score (nSPS) is 13.0. The monoisotopic (exact) mass is 611 g/mol. The van der Waals surface area contributed by atoms with Gasteiger partial charge in [0.2, 0.25) is 5.88 Å². The first-order valence-corrected chi connectivity index (χ1v) is 14.2. The Morgan fingerprint density at radius 2 is 1.54 bits per heavy atom. The van der Waals surface area contributed by atoms with Gasteiger partial charge in [-0.3, -0.25) is 0 Å². The lowest BCUT2D eigenvalue weighted by molar-refractivity contribution is 0.141. The Labute approximate surface area is 241 Å². The number of carbonyl (C=O) groups is 2. The second-order valence-corrected chi connectivity index (χ2v) is 10.2. The van der Waals surface area contributed by atoms with E-state index in [0.717, 1.165) is 51.9 Å². The number of hydrogen-bond donors (Lipinski definition) is 0. The molecule has 0 spiro atoms. The van der Waals surface area contributed by atoms with Gasteiger partial charge in [0.25, 0.3) is 0 Å². The minimum Gasteiger partial charge on any atom is -0.409 e. The summed E-state index contributed by atoms with van der Waals surface area (Å²) in [5.74, 6) is 0.733. The van der Waals surface area contributed by atoms with Crippen LogP contribution in [0.15, 0.2) is 71.3 Å². The van der Waals surface area contributed by atoms with Crippen LogP contribution in [-0.4, -0.2) is 53.1 Å². The van der Waals surface area contributed by atoms with E-state index in [0.29, 0.717) is 23.9 Å². The molecular formula is C30H31BrClN3O4. The average molecular weight is 613 g/mol. The minimum atomic E-state index is -0.366. The van der Waals surface area contributed by atoms with Gasteiger partial charge >= 0.3 is 12.2 Å².